The van der Waals surface area contributed by atoms with Crippen molar-refractivity contribution in [3.05, 3.63) is 29.8 Å². The van der Waals surface area contributed by atoms with Crippen LogP contribution in [0.25, 0.3) is 10.9 Å². The van der Waals surface area contributed by atoms with E-state index in [2.05, 4.69) is 44.0 Å². The highest BCUT2D eigenvalue weighted by molar-refractivity contribution is 5.96. The van der Waals surface area contributed by atoms with Gasteiger partial charge in [0.05, 0.1) is 5.52 Å². The second-order valence-electron chi connectivity index (χ2n) is 10.5. The van der Waals surface area contributed by atoms with Crippen LogP contribution in [0.3, 0.4) is 0 Å². The monoisotopic (exact) mass is 450 g/mol. The number of aromatic nitrogens is 1. The Morgan fingerprint density at radius 1 is 1.03 bits per heavy atom. The molecule has 2 aliphatic rings. The minimum atomic E-state index is -0.119. The number of anilines is 2. The molecule has 4 rings (SSSR count). The van der Waals surface area contributed by atoms with Crippen LogP contribution in [0.2, 0.25) is 0 Å². The molecule has 1 N–H and O–H groups in total. The van der Waals surface area contributed by atoms with Gasteiger partial charge >= 0.3 is 0 Å². The van der Waals surface area contributed by atoms with Crippen molar-refractivity contribution in [2.24, 2.45) is 17.8 Å². The van der Waals surface area contributed by atoms with Gasteiger partial charge in [-0.05, 0) is 73.8 Å². The lowest BCUT2D eigenvalue weighted by molar-refractivity contribution is -0.134. The molecule has 6 heteroatoms. The molecule has 3 heterocycles. The van der Waals surface area contributed by atoms with E-state index in [4.69, 9.17) is 4.98 Å². The molecule has 0 bridgehead atoms. The van der Waals surface area contributed by atoms with Gasteiger partial charge in [0.2, 0.25) is 11.8 Å². The van der Waals surface area contributed by atoms with E-state index in [-0.39, 0.29) is 24.7 Å². The van der Waals surface area contributed by atoms with Gasteiger partial charge in [0.15, 0.2) is 0 Å². The Bertz CT molecular complexity index is 1010. The fourth-order valence-corrected chi connectivity index (χ4v) is 5.48. The second-order valence-corrected chi connectivity index (χ2v) is 10.5. The van der Waals surface area contributed by atoms with Gasteiger partial charge in [-0.1, -0.05) is 20.8 Å². The fourth-order valence-electron chi connectivity index (χ4n) is 5.48. The van der Waals surface area contributed by atoms with Crippen molar-refractivity contribution in [2.75, 3.05) is 36.4 Å². The van der Waals surface area contributed by atoms with E-state index in [9.17, 15) is 9.59 Å². The van der Waals surface area contributed by atoms with Crippen molar-refractivity contribution in [3.8, 4) is 0 Å². The highest BCUT2D eigenvalue weighted by Crippen LogP contribution is 2.29. The maximum Gasteiger partial charge on any atom is 0.224 e. The molecule has 0 radical (unpaired) electrons. The third kappa shape index (κ3) is 5.84. The van der Waals surface area contributed by atoms with E-state index < -0.39 is 0 Å². The van der Waals surface area contributed by atoms with Crippen LogP contribution in [-0.2, 0) is 9.59 Å². The Hall–Kier alpha value is -2.63. The number of carbonyl (C=O) groups excluding carboxylic acids is 2. The fraction of sp³-hybridized carbons (Fsp3) is 0.593. The van der Waals surface area contributed by atoms with Crippen LogP contribution in [0.1, 0.15) is 58.4 Å². The summed E-state index contributed by atoms with van der Waals surface area (Å²) in [5.74, 6) is 2.91. The molecule has 6 nitrogen and oxygen atoms in total. The minimum absolute atomic E-state index is 0.0872. The number of rotatable bonds is 5. The number of aryl methyl sites for hydroxylation is 1. The molecular formula is C27H38N4O2. The van der Waals surface area contributed by atoms with E-state index >= 15 is 0 Å². The number of amides is 2. The van der Waals surface area contributed by atoms with E-state index in [0.717, 1.165) is 60.6 Å². The highest BCUT2D eigenvalue weighted by Gasteiger charge is 2.24. The van der Waals surface area contributed by atoms with Crippen molar-refractivity contribution >= 4 is 34.2 Å². The number of carbonyl (C=O) groups is 2. The van der Waals surface area contributed by atoms with Crippen LogP contribution in [-0.4, -0.2) is 47.9 Å². The summed E-state index contributed by atoms with van der Waals surface area (Å²) >= 11 is 0. The van der Waals surface area contributed by atoms with Crippen LogP contribution in [0.5, 0.6) is 0 Å². The number of pyridine rings is 1. The van der Waals surface area contributed by atoms with Crippen molar-refractivity contribution < 1.29 is 9.59 Å². The molecule has 2 saturated heterocycles. The summed E-state index contributed by atoms with van der Waals surface area (Å²) in [6, 6.07) is 8.05. The molecule has 0 aliphatic carbocycles. The van der Waals surface area contributed by atoms with Gasteiger partial charge in [-0.15, -0.1) is 0 Å². The molecule has 0 spiro atoms. The lowest BCUT2D eigenvalue weighted by Crippen LogP contribution is -2.39. The third-order valence-electron chi connectivity index (χ3n) is 7.05. The zero-order valence-electron chi connectivity index (χ0n) is 20.6. The molecule has 1 aromatic heterocycles. The summed E-state index contributed by atoms with van der Waals surface area (Å²) in [5.41, 5.74) is 2.86. The van der Waals surface area contributed by atoms with Crippen LogP contribution in [0.4, 0.5) is 11.5 Å². The number of fused-ring (bicyclic) bond motifs is 1. The van der Waals surface area contributed by atoms with E-state index in [1.54, 1.807) is 0 Å². The number of piperidine rings is 2. The van der Waals surface area contributed by atoms with Crippen LogP contribution in [0, 0.1) is 24.7 Å². The van der Waals surface area contributed by atoms with E-state index in [1.165, 1.54) is 12.8 Å². The Morgan fingerprint density at radius 2 is 1.79 bits per heavy atom. The summed E-state index contributed by atoms with van der Waals surface area (Å²) in [4.78, 5) is 34.2. The first-order valence-electron chi connectivity index (χ1n) is 12.5. The van der Waals surface area contributed by atoms with E-state index in [1.807, 2.05) is 23.1 Å². The summed E-state index contributed by atoms with van der Waals surface area (Å²) in [5, 5.41) is 4.02. The maximum atomic E-state index is 12.5. The maximum absolute atomic E-state index is 12.5. The molecule has 3 atom stereocenters. The van der Waals surface area contributed by atoms with E-state index in [0.29, 0.717) is 17.8 Å². The van der Waals surface area contributed by atoms with Crippen LogP contribution >= 0.6 is 0 Å². The van der Waals surface area contributed by atoms with Crippen molar-refractivity contribution in [1.82, 2.24) is 9.88 Å². The van der Waals surface area contributed by atoms with Gasteiger partial charge in [0.25, 0.3) is 0 Å². The minimum Gasteiger partial charge on any atom is -0.356 e. The molecule has 2 amide bonds. The summed E-state index contributed by atoms with van der Waals surface area (Å²) in [6.45, 7) is 12.6. The average molecular weight is 451 g/mol. The predicted molar refractivity (Wildman–Crippen MR) is 134 cm³/mol. The zero-order chi connectivity index (χ0) is 23.5. The molecule has 0 unspecified atom stereocenters. The quantitative estimate of drug-likeness (QED) is 0.696. The molecule has 2 fully saturated rings. The summed E-state index contributed by atoms with van der Waals surface area (Å²) in [6.07, 6.45) is 3.99. The van der Waals surface area contributed by atoms with Gasteiger partial charge in [0.1, 0.15) is 5.82 Å². The SMILES string of the molecule is Cc1cc(N2C[C@H](C)C[C@H](C)C2)nc2ccc(NC(=O)CCC(=O)N3CCC[C@H](C)C3)cc12. The average Bonchev–Trinajstić information content (AvgIpc) is 2.77. The number of hydrogen-bond acceptors (Lipinski definition) is 4. The number of nitrogens with one attached hydrogen (secondary N) is 1. The Kier molecular flexibility index (Phi) is 7.20. The van der Waals surface area contributed by atoms with Crippen LogP contribution in [0.15, 0.2) is 24.3 Å². The normalized spacial score (nSPS) is 23.6. The van der Waals surface area contributed by atoms with Gasteiger partial charge in [-0.3, -0.25) is 9.59 Å². The highest BCUT2D eigenvalue weighted by atomic mass is 16.2. The van der Waals surface area contributed by atoms with Crippen molar-refractivity contribution in [3.63, 3.8) is 0 Å². The van der Waals surface area contributed by atoms with Gasteiger partial charge in [0, 0.05) is 50.1 Å². The standard InChI is InChI=1S/C27H38N4O2/c1-18-6-5-11-30(15-18)27(33)10-9-26(32)28-22-7-8-24-23(14-22)21(4)13-25(29-24)31-16-19(2)12-20(3)17-31/h7-8,13-14,18-20H,5-6,9-12,15-17H2,1-4H3,(H,28,32)/t18-,19-,20+/m0/s1. The first-order chi connectivity index (χ1) is 15.8. The molecule has 33 heavy (non-hydrogen) atoms. The number of nitrogens with zero attached hydrogens (tertiary/aromatic N) is 3. The summed E-state index contributed by atoms with van der Waals surface area (Å²) < 4.78 is 0. The largest absolute Gasteiger partial charge is 0.356 e. The molecule has 1 aromatic carbocycles. The summed E-state index contributed by atoms with van der Waals surface area (Å²) in [7, 11) is 0. The topological polar surface area (TPSA) is 65.5 Å². The lowest BCUT2D eigenvalue weighted by Gasteiger charge is -2.36. The lowest BCUT2D eigenvalue weighted by atomic mass is 9.92. The number of likely N-dealkylation sites (tertiary alicyclic amines) is 1. The Balaban J connectivity index is 1.39. The predicted octanol–water partition coefficient (Wildman–Crippen LogP) is 5.00. The van der Waals surface area contributed by atoms with Crippen LogP contribution < -0.4 is 10.2 Å². The second kappa shape index (κ2) is 10.1. The zero-order valence-corrected chi connectivity index (χ0v) is 20.6. The van der Waals surface area contributed by atoms with Gasteiger partial charge in [-0.2, -0.15) is 0 Å². The molecule has 0 saturated carbocycles. The molecule has 2 aromatic rings. The number of benzene rings is 1. The Labute approximate surface area is 197 Å². The Morgan fingerprint density at radius 3 is 2.52 bits per heavy atom. The third-order valence-corrected chi connectivity index (χ3v) is 7.05. The molecule has 178 valence electrons. The van der Waals surface area contributed by atoms with Crippen molar-refractivity contribution in [1.29, 1.82) is 0 Å². The number of hydrogen-bond donors (Lipinski definition) is 1. The van der Waals surface area contributed by atoms with Gasteiger partial charge in [-0.25, -0.2) is 4.98 Å². The smallest absolute Gasteiger partial charge is 0.224 e. The first-order valence-corrected chi connectivity index (χ1v) is 12.5. The first kappa shape index (κ1) is 23.5. The molecular weight excluding hydrogens is 412 g/mol. The van der Waals surface area contributed by atoms with Crippen molar-refractivity contribution in [2.45, 2.75) is 59.8 Å². The molecule has 2 aliphatic heterocycles. The van der Waals surface area contributed by atoms with Gasteiger partial charge < -0.3 is 15.1 Å².